The van der Waals surface area contributed by atoms with E-state index in [1.165, 1.54) is 13.0 Å². The SMILES string of the molecule is CC(=O)Nc1cccc(NS(=O)(=O)CCC(=O)NC(C)(C)C)c1. The quantitative estimate of drug-likeness (QED) is 0.732. The third-order valence-corrected chi connectivity index (χ3v) is 3.86. The molecule has 128 valence electrons. The molecular formula is C15H23N3O4S. The normalized spacial score (nSPS) is 11.7. The fourth-order valence-electron chi connectivity index (χ4n) is 1.80. The van der Waals surface area contributed by atoms with Crippen LogP contribution in [0.1, 0.15) is 34.1 Å². The number of benzene rings is 1. The number of hydrogen-bond donors (Lipinski definition) is 3. The van der Waals surface area contributed by atoms with Gasteiger partial charge in [-0.05, 0) is 39.0 Å². The molecule has 0 bridgehead atoms. The van der Waals surface area contributed by atoms with Crippen molar-refractivity contribution in [3.05, 3.63) is 24.3 Å². The van der Waals surface area contributed by atoms with Crippen molar-refractivity contribution in [2.45, 2.75) is 39.7 Å². The van der Waals surface area contributed by atoms with E-state index in [-0.39, 0.29) is 24.0 Å². The Morgan fingerprint density at radius 3 is 2.30 bits per heavy atom. The summed E-state index contributed by atoms with van der Waals surface area (Å²) < 4.78 is 26.4. The predicted molar refractivity (Wildman–Crippen MR) is 90.7 cm³/mol. The predicted octanol–water partition coefficient (Wildman–Crippen LogP) is 1.69. The number of amides is 2. The number of nitrogens with one attached hydrogen (secondary N) is 3. The molecule has 0 spiro atoms. The highest BCUT2D eigenvalue weighted by molar-refractivity contribution is 7.92. The van der Waals surface area contributed by atoms with E-state index in [0.29, 0.717) is 11.4 Å². The van der Waals surface area contributed by atoms with Crippen LogP contribution in [-0.4, -0.2) is 31.5 Å². The van der Waals surface area contributed by atoms with Gasteiger partial charge < -0.3 is 10.6 Å². The molecule has 8 heteroatoms. The lowest BCUT2D eigenvalue weighted by molar-refractivity contribution is -0.122. The van der Waals surface area contributed by atoms with Gasteiger partial charge in [0.1, 0.15) is 0 Å². The summed E-state index contributed by atoms with van der Waals surface area (Å²) in [6.45, 7) is 6.84. The first-order valence-corrected chi connectivity index (χ1v) is 8.81. The van der Waals surface area contributed by atoms with Crippen LogP contribution in [-0.2, 0) is 19.6 Å². The van der Waals surface area contributed by atoms with Gasteiger partial charge in [0.25, 0.3) is 0 Å². The molecule has 0 heterocycles. The van der Waals surface area contributed by atoms with Crippen LogP contribution in [0.5, 0.6) is 0 Å². The highest BCUT2D eigenvalue weighted by Crippen LogP contribution is 2.16. The first kappa shape index (κ1) is 19.0. The molecule has 1 aromatic carbocycles. The zero-order valence-electron chi connectivity index (χ0n) is 13.8. The second kappa shape index (κ2) is 7.45. The summed E-state index contributed by atoms with van der Waals surface area (Å²) in [6.07, 6.45) is -0.127. The molecule has 1 aromatic rings. The van der Waals surface area contributed by atoms with Gasteiger partial charge in [-0.15, -0.1) is 0 Å². The molecular weight excluding hydrogens is 318 g/mol. The molecule has 0 atom stereocenters. The topological polar surface area (TPSA) is 104 Å². The largest absolute Gasteiger partial charge is 0.351 e. The maximum absolute atomic E-state index is 12.0. The van der Waals surface area contributed by atoms with Gasteiger partial charge in [-0.3, -0.25) is 14.3 Å². The first-order chi connectivity index (χ1) is 10.5. The lowest BCUT2D eigenvalue weighted by atomic mass is 10.1. The van der Waals surface area contributed by atoms with Gasteiger partial charge in [-0.1, -0.05) is 6.07 Å². The Labute approximate surface area is 136 Å². The fourth-order valence-corrected chi connectivity index (χ4v) is 2.84. The molecule has 2 amide bonds. The molecule has 0 saturated heterocycles. The average molecular weight is 341 g/mol. The summed E-state index contributed by atoms with van der Waals surface area (Å²) >= 11 is 0. The summed E-state index contributed by atoms with van der Waals surface area (Å²) in [4.78, 5) is 22.7. The highest BCUT2D eigenvalue weighted by atomic mass is 32.2. The zero-order chi connectivity index (χ0) is 17.7. The molecule has 0 fully saturated rings. The van der Waals surface area contributed by atoms with Gasteiger partial charge in [0.05, 0.1) is 11.4 Å². The van der Waals surface area contributed by atoms with Crippen molar-refractivity contribution in [2.75, 3.05) is 15.8 Å². The zero-order valence-corrected chi connectivity index (χ0v) is 14.6. The van der Waals surface area contributed by atoms with Crippen molar-refractivity contribution in [3.63, 3.8) is 0 Å². The van der Waals surface area contributed by atoms with E-state index in [1.807, 2.05) is 20.8 Å². The monoisotopic (exact) mass is 341 g/mol. The molecule has 0 saturated carbocycles. The molecule has 3 N–H and O–H groups in total. The standard InChI is InChI=1S/C15H23N3O4S/c1-11(19)16-12-6-5-7-13(10-12)18-23(21,22)9-8-14(20)17-15(2,3)4/h5-7,10,18H,8-9H2,1-4H3,(H,16,19)(H,17,20). The Bertz CT molecular complexity index is 678. The average Bonchev–Trinajstić information content (AvgIpc) is 2.33. The second-order valence-electron chi connectivity index (χ2n) is 6.23. The minimum absolute atomic E-state index is 0.127. The smallest absolute Gasteiger partial charge is 0.233 e. The molecule has 0 aliphatic carbocycles. The van der Waals surface area contributed by atoms with Crippen LogP contribution in [0.15, 0.2) is 24.3 Å². The fraction of sp³-hybridized carbons (Fsp3) is 0.467. The number of sulfonamides is 1. The van der Waals surface area contributed by atoms with Crippen molar-refractivity contribution in [1.29, 1.82) is 0 Å². The highest BCUT2D eigenvalue weighted by Gasteiger charge is 2.17. The Balaban J connectivity index is 2.65. The van der Waals surface area contributed by atoms with Gasteiger partial charge in [-0.2, -0.15) is 0 Å². The van der Waals surface area contributed by atoms with E-state index in [2.05, 4.69) is 15.4 Å². The third kappa shape index (κ3) is 8.20. The molecule has 1 rings (SSSR count). The van der Waals surface area contributed by atoms with E-state index < -0.39 is 15.6 Å². The van der Waals surface area contributed by atoms with E-state index in [0.717, 1.165) is 0 Å². The summed E-state index contributed by atoms with van der Waals surface area (Å²) in [5, 5.41) is 5.28. The lowest BCUT2D eigenvalue weighted by Crippen LogP contribution is -2.41. The van der Waals surface area contributed by atoms with Crippen LogP contribution in [0.25, 0.3) is 0 Å². The van der Waals surface area contributed by atoms with Crippen molar-refractivity contribution in [1.82, 2.24) is 5.32 Å². The lowest BCUT2D eigenvalue weighted by Gasteiger charge is -2.20. The Morgan fingerprint density at radius 1 is 1.13 bits per heavy atom. The summed E-state index contributed by atoms with van der Waals surface area (Å²) in [5.41, 5.74) is 0.414. The van der Waals surface area contributed by atoms with E-state index in [1.54, 1.807) is 18.2 Å². The van der Waals surface area contributed by atoms with Gasteiger partial charge in [-0.25, -0.2) is 8.42 Å². The molecule has 0 radical (unpaired) electrons. The van der Waals surface area contributed by atoms with Gasteiger partial charge in [0, 0.05) is 24.6 Å². The van der Waals surface area contributed by atoms with E-state index in [4.69, 9.17) is 0 Å². The van der Waals surface area contributed by atoms with Gasteiger partial charge in [0.2, 0.25) is 21.8 Å². The third-order valence-electron chi connectivity index (χ3n) is 2.57. The Hall–Kier alpha value is -2.09. The first-order valence-electron chi connectivity index (χ1n) is 7.16. The molecule has 23 heavy (non-hydrogen) atoms. The van der Waals surface area contributed by atoms with Crippen molar-refractivity contribution >= 4 is 33.2 Å². The van der Waals surface area contributed by atoms with Gasteiger partial charge >= 0.3 is 0 Å². The number of anilines is 2. The van der Waals surface area contributed by atoms with Gasteiger partial charge in [0.15, 0.2) is 0 Å². The van der Waals surface area contributed by atoms with Crippen LogP contribution in [0, 0.1) is 0 Å². The van der Waals surface area contributed by atoms with Crippen molar-refractivity contribution in [3.8, 4) is 0 Å². The Morgan fingerprint density at radius 2 is 1.74 bits per heavy atom. The van der Waals surface area contributed by atoms with Crippen LogP contribution >= 0.6 is 0 Å². The van der Waals surface area contributed by atoms with E-state index >= 15 is 0 Å². The number of hydrogen-bond acceptors (Lipinski definition) is 4. The second-order valence-corrected chi connectivity index (χ2v) is 8.07. The molecule has 0 aliphatic heterocycles. The Kier molecular flexibility index (Phi) is 6.14. The van der Waals surface area contributed by atoms with Crippen LogP contribution < -0.4 is 15.4 Å². The van der Waals surface area contributed by atoms with Crippen LogP contribution in [0.2, 0.25) is 0 Å². The molecule has 0 unspecified atom stereocenters. The summed E-state index contributed by atoms with van der Waals surface area (Å²) in [7, 11) is -3.65. The van der Waals surface area contributed by atoms with Crippen LogP contribution in [0.4, 0.5) is 11.4 Å². The van der Waals surface area contributed by atoms with Crippen LogP contribution in [0.3, 0.4) is 0 Å². The maximum atomic E-state index is 12.0. The molecule has 0 aliphatic rings. The number of carbonyl (C=O) groups is 2. The number of carbonyl (C=O) groups excluding carboxylic acids is 2. The molecule has 0 aromatic heterocycles. The molecule has 7 nitrogen and oxygen atoms in total. The van der Waals surface area contributed by atoms with Crippen molar-refractivity contribution < 1.29 is 18.0 Å². The summed E-state index contributed by atoms with van der Waals surface area (Å²) in [6, 6.07) is 6.34. The van der Waals surface area contributed by atoms with Crippen molar-refractivity contribution in [2.24, 2.45) is 0 Å². The summed E-state index contributed by atoms with van der Waals surface area (Å²) in [5.74, 6) is -0.891. The van der Waals surface area contributed by atoms with E-state index in [9.17, 15) is 18.0 Å². The minimum atomic E-state index is -3.65. The number of rotatable bonds is 6. The maximum Gasteiger partial charge on any atom is 0.233 e. The minimum Gasteiger partial charge on any atom is -0.351 e.